The molecule has 1 aromatic rings. The van der Waals surface area contributed by atoms with Crippen molar-refractivity contribution in [2.75, 3.05) is 26.9 Å². The van der Waals surface area contributed by atoms with E-state index in [4.69, 9.17) is 9.47 Å². The minimum absolute atomic E-state index is 0.180. The Bertz CT molecular complexity index is 660. The van der Waals surface area contributed by atoms with Gasteiger partial charge in [-0.1, -0.05) is 18.2 Å². The molecule has 130 valence electrons. The summed E-state index contributed by atoms with van der Waals surface area (Å²) < 4.78 is 11.5. The largest absolute Gasteiger partial charge is 0.460 e. The van der Waals surface area contributed by atoms with E-state index in [9.17, 15) is 9.59 Å². The summed E-state index contributed by atoms with van der Waals surface area (Å²) >= 11 is 2.20. The molecule has 0 saturated carbocycles. The molecule has 0 saturated heterocycles. The van der Waals surface area contributed by atoms with Gasteiger partial charge in [-0.3, -0.25) is 0 Å². The number of hydrogen-bond acceptors (Lipinski definition) is 4. The van der Waals surface area contributed by atoms with Crippen LogP contribution in [0.5, 0.6) is 0 Å². The number of halogens is 1. The van der Waals surface area contributed by atoms with Crippen molar-refractivity contribution in [2.45, 2.75) is 19.9 Å². The summed E-state index contributed by atoms with van der Waals surface area (Å²) in [6.07, 6.45) is 0. The number of carbonyl (C=O) groups excluding carboxylic acids is 2. The molecule has 1 atom stereocenters. The summed E-state index contributed by atoms with van der Waals surface area (Å²) in [6, 6.07) is 6.87. The standard InChI is InChI=1S/C17H21IN2O4/c1-4-23-9-10-24-16(21)14-11(2)20(3)17(22)19-15(14)12-7-5-6-8-13(12)18/h5-8,15H,4,9-10H2,1-3H3,(H,19,22)/t15-/m1/s1. The lowest BCUT2D eigenvalue weighted by atomic mass is 9.95. The first kappa shape index (κ1) is 18.7. The van der Waals surface area contributed by atoms with E-state index >= 15 is 0 Å². The van der Waals surface area contributed by atoms with Crippen LogP contribution in [0.1, 0.15) is 25.5 Å². The van der Waals surface area contributed by atoms with Gasteiger partial charge in [-0.25, -0.2) is 9.59 Å². The van der Waals surface area contributed by atoms with Crippen LogP contribution in [0.4, 0.5) is 4.79 Å². The van der Waals surface area contributed by atoms with Crippen LogP contribution >= 0.6 is 22.6 Å². The molecule has 2 rings (SSSR count). The maximum atomic E-state index is 12.6. The molecule has 0 bridgehead atoms. The highest BCUT2D eigenvalue weighted by molar-refractivity contribution is 14.1. The Morgan fingerprint density at radius 2 is 2.04 bits per heavy atom. The van der Waals surface area contributed by atoms with Gasteiger partial charge in [0.2, 0.25) is 0 Å². The number of nitrogens with one attached hydrogen (secondary N) is 1. The number of benzene rings is 1. The Balaban J connectivity index is 2.32. The van der Waals surface area contributed by atoms with Crippen molar-refractivity contribution in [1.29, 1.82) is 0 Å². The fourth-order valence-electron chi connectivity index (χ4n) is 2.46. The van der Waals surface area contributed by atoms with Crippen LogP contribution in [-0.4, -0.2) is 43.8 Å². The summed E-state index contributed by atoms with van der Waals surface area (Å²) in [5.74, 6) is -0.441. The van der Waals surface area contributed by atoms with Crippen molar-refractivity contribution in [3.05, 3.63) is 44.7 Å². The fraction of sp³-hybridized carbons (Fsp3) is 0.412. The number of allylic oxidation sites excluding steroid dienone is 1. The second-order valence-corrected chi connectivity index (χ2v) is 6.46. The third kappa shape index (κ3) is 4.07. The third-order valence-electron chi connectivity index (χ3n) is 3.86. The zero-order valence-corrected chi connectivity index (χ0v) is 16.1. The third-order valence-corrected chi connectivity index (χ3v) is 4.84. The van der Waals surface area contributed by atoms with Crippen molar-refractivity contribution >= 4 is 34.6 Å². The molecule has 1 aliphatic heterocycles. The second-order valence-electron chi connectivity index (χ2n) is 5.29. The lowest BCUT2D eigenvalue weighted by molar-refractivity contribution is -0.141. The molecule has 6 nitrogen and oxygen atoms in total. The van der Waals surface area contributed by atoms with E-state index in [1.165, 1.54) is 4.90 Å². The average Bonchev–Trinajstić information content (AvgIpc) is 2.56. The van der Waals surface area contributed by atoms with Crippen LogP contribution < -0.4 is 5.32 Å². The number of amides is 2. The summed E-state index contributed by atoms with van der Waals surface area (Å²) in [4.78, 5) is 26.2. The van der Waals surface area contributed by atoms with Crippen molar-refractivity contribution in [3.8, 4) is 0 Å². The van der Waals surface area contributed by atoms with Crippen molar-refractivity contribution in [1.82, 2.24) is 10.2 Å². The van der Waals surface area contributed by atoms with E-state index < -0.39 is 12.0 Å². The van der Waals surface area contributed by atoms with Gasteiger partial charge in [-0.2, -0.15) is 0 Å². The molecule has 7 heteroatoms. The van der Waals surface area contributed by atoms with Crippen LogP contribution in [0.15, 0.2) is 35.5 Å². The molecule has 0 aliphatic carbocycles. The molecular weight excluding hydrogens is 423 g/mol. The summed E-state index contributed by atoms with van der Waals surface area (Å²) in [5, 5.41) is 2.88. The first-order valence-electron chi connectivity index (χ1n) is 7.71. The second kappa shape index (κ2) is 8.48. The normalized spacial score (nSPS) is 17.8. The number of esters is 1. The van der Waals surface area contributed by atoms with Gasteiger partial charge in [-0.15, -0.1) is 0 Å². The number of hydrogen-bond donors (Lipinski definition) is 1. The average molecular weight is 444 g/mol. The number of rotatable bonds is 6. The van der Waals surface area contributed by atoms with E-state index in [1.807, 2.05) is 31.2 Å². The molecule has 0 unspecified atom stereocenters. The molecule has 1 aromatic carbocycles. The quantitative estimate of drug-likeness (QED) is 0.417. The topological polar surface area (TPSA) is 67.9 Å². The maximum absolute atomic E-state index is 12.6. The van der Waals surface area contributed by atoms with Crippen LogP contribution in [0, 0.1) is 3.57 Å². The highest BCUT2D eigenvalue weighted by Crippen LogP contribution is 2.32. The zero-order chi connectivity index (χ0) is 17.7. The zero-order valence-electron chi connectivity index (χ0n) is 14.0. The monoisotopic (exact) mass is 444 g/mol. The fourth-order valence-corrected chi connectivity index (χ4v) is 3.16. The Morgan fingerprint density at radius 3 is 2.71 bits per heavy atom. The molecule has 0 radical (unpaired) electrons. The Labute approximate surface area is 155 Å². The molecule has 0 spiro atoms. The van der Waals surface area contributed by atoms with Gasteiger partial charge in [0.15, 0.2) is 0 Å². The van der Waals surface area contributed by atoms with Gasteiger partial charge in [-0.05, 0) is 48.1 Å². The Kier molecular flexibility index (Phi) is 6.61. The van der Waals surface area contributed by atoms with Gasteiger partial charge in [0, 0.05) is 22.9 Å². The van der Waals surface area contributed by atoms with Gasteiger partial charge < -0.3 is 19.7 Å². The summed E-state index contributed by atoms with van der Waals surface area (Å²) in [5.41, 5.74) is 1.90. The first-order chi connectivity index (χ1) is 11.5. The van der Waals surface area contributed by atoms with E-state index in [0.717, 1.165) is 9.13 Å². The van der Waals surface area contributed by atoms with Crippen LogP contribution in [-0.2, 0) is 14.3 Å². The minimum atomic E-state index is -0.526. The SMILES string of the molecule is CCOCCOC(=O)C1=C(C)N(C)C(=O)N[C@@H]1c1ccccc1I. The minimum Gasteiger partial charge on any atom is -0.460 e. The molecule has 2 amide bonds. The number of nitrogens with zero attached hydrogens (tertiary/aromatic N) is 1. The van der Waals surface area contributed by atoms with Crippen LogP contribution in [0.2, 0.25) is 0 Å². The highest BCUT2D eigenvalue weighted by atomic mass is 127. The molecule has 1 aliphatic rings. The van der Waals surface area contributed by atoms with Gasteiger partial charge >= 0.3 is 12.0 Å². The van der Waals surface area contributed by atoms with Gasteiger partial charge in [0.1, 0.15) is 6.61 Å². The highest BCUT2D eigenvalue weighted by Gasteiger charge is 2.35. The van der Waals surface area contributed by atoms with Gasteiger partial charge in [0.25, 0.3) is 0 Å². The maximum Gasteiger partial charge on any atom is 0.338 e. The summed E-state index contributed by atoms with van der Waals surface area (Å²) in [6.45, 7) is 4.74. The smallest absolute Gasteiger partial charge is 0.338 e. The molecule has 24 heavy (non-hydrogen) atoms. The van der Waals surface area contributed by atoms with Crippen molar-refractivity contribution in [2.24, 2.45) is 0 Å². The molecular formula is C17H21IN2O4. The molecule has 1 N–H and O–H groups in total. The molecule has 1 heterocycles. The van der Waals surface area contributed by atoms with Crippen LogP contribution in [0.25, 0.3) is 0 Å². The Hall–Kier alpha value is -1.61. The number of ether oxygens (including phenoxy) is 2. The Morgan fingerprint density at radius 1 is 1.33 bits per heavy atom. The first-order valence-corrected chi connectivity index (χ1v) is 8.79. The van der Waals surface area contributed by atoms with Crippen LogP contribution in [0.3, 0.4) is 0 Å². The van der Waals surface area contributed by atoms with E-state index in [2.05, 4.69) is 27.9 Å². The molecule has 0 aromatic heterocycles. The molecule has 0 fully saturated rings. The van der Waals surface area contributed by atoms with E-state index in [-0.39, 0.29) is 12.6 Å². The number of urea groups is 1. The lowest BCUT2D eigenvalue weighted by Gasteiger charge is -2.33. The van der Waals surface area contributed by atoms with Crippen molar-refractivity contribution < 1.29 is 19.1 Å². The lowest BCUT2D eigenvalue weighted by Crippen LogP contribution is -2.46. The van der Waals surface area contributed by atoms with Crippen molar-refractivity contribution in [3.63, 3.8) is 0 Å². The predicted molar refractivity (Wildman–Crippen MR) is 98.3 cm³/mol. The number of carbonyl (C=O) groups is 2. The van der Waals surface area contributed by atoms with Gasteiger partial charge in [0.05, 0.1) is 18.2 Å². The van der Waals surface area contributed by atoms with E-state index in [0.29, 0.717) is 24.5 Å². The van der Waals surface area contributed by atoms with E-state index in [1.54, 1.807) is 14.0 Å². The predicted octanol–water partition coefficient (Wildman–Crippen LogP) is 2.84. The summed E-state index contributed by atoms with van der Waals surface area (Å²) in [7, 11) is 1.63.